The van der Waals surface area contributed by atoms with E-state index in [1.165, 1.54) is 6.92 Å². The van der Waals surface area contributed by atoms with Crippen molar-refractivity contribution < 1.29 is 9.53 Å². The summed E-state index contributed by atoms with van der Waals surface area (Å²) in [6, 6.07) is -0.247. The van der Waals surface area contributed by atoms with E-state index in [9.17, 15) is 4.79 Å². The van der Waals surface area contributed by atoms with Gasteiger partial charge < -0.3 is 4.74 Å². The third-order valence-electron chi connectivity index (χ3n) is 1.09. The Morgan fingerprint density at radius 1 is 1.29 bits per heavy atom. The van der Waals surface area contributed by atoms with Crippen LogP contribution in [0.4, 0.5) is 0 Å². The van der Waals surface area contributed by atoms with Gasteiger partial charge >= 0.3 is 12.0 Å². The molecule has 0 unspecified atom stereocenters. The Kier molecular flexibility index (Phi) is 3.38. The number of carbonyl (C=O) groups excluding carboxylic acids is 1. The molecule has 0 spiro atoms. The fourth-order valence-electron chi connectivity index (χ4n) is 0.525. The highest BCUT2D eigenvalue weighted by Crippen LogP contribution is 2.12. The molecule has 0 fully saturated rings. The number of rotatable bonds is 2. The Labute approximate surface area is 89.7 Å². The molecule has 0 aliphatic carbocycles. The number of hydrogen-bond acceptors (Lipinski definition) is 5. The molecule has 14 heavy (non-hydrogen) atoms. The highest BCUT2D eigenvalue weighted by atomic mass is 35.5. The van der Waals surface area contributed by atoms with Crippen molar-refractivity contribution in [3.8, 4) is 6.01 Å². The molecule has 1 aromatic rings. The summed E-state index contributed by atoms with van der Waals surface area (Å²) >= 11 is 10.9. The Hall–Kier alpha value is -1.20. The van der Waals surface area contributed by atoms with Gasteiger partial charge in [0, 0.05) is 5.57 Å². The topological polar surface area (TPSA) is 65.0 Å². The van der Waals surface area contributed by atoms with Gasteiger partial charge in [-0.15, -0.1) is 0 Å². The number of ether oxygens (including phenoxy) is 1. The first kappa shape index (κ1) is 10.9. The van der Waals surface area contributed by atoms with Gasteiger partial charge in [0.2, 0.25) is 10.6 Å². The van der Waals surface area contributed by atoms with Gasteiger partial charge in [-0.3, -0.25) is 0 Å². The number of carbonyl (C=O) groups is 1. The van der Waals surface area contributed by atoms with Crippen molar-refractivity contribution in [2.24, 2.45) is 0 Å². The Balaban J connectivity index is 2.87. The van der Waals surface area contributed by atoms with Crippen molar-refractivity contribution in [2.75, 3.05) is 0 Å². The molecular formula is C7H5Cl2N3O2. The van der Waals surface area contributed by atoms with Crippen LogP contribution in [0.15, 0.2) is 12.2 Å². The molecule has 0 radical (unpaired) electrons. The van der Waals surface area contributed by atoms with E-state index in [0.29, 0.717) is 0 Å². The lowest BCUT2D eigenvalue weighted by atomic mass is 10.4. The molecule has 0 aliphatic rings. The predicted molar refractivity (Wildman–Crippen MR) is 50.3 cm³/mol. The summed E-state index contributed by atoms with van der Waals surface area (Å²) in [7, 11) is 0. The maximum Gasteiger partial charge on any atom is 0.340 e. The van der Waals surface area contributed by atoms with Gasteiger partial charge in [-0.1, -0.05) is 6.58 Å². The predicted octanol–water partition coefficient (Wildman–Crippen LogP) is 1.66. The van der Waals surface area contributed by atoms with Gasteiger partial charge in [-0.2, -0.15) is 15.0 Å². The maximum absolute atomic E-state index is 11.0. The summed E-state index contributed by atoms with van der Waals surface area (Å²) in [5.74, 6) is -0.650. The first-order valence-corrected chi connectivity index (χ1v) is 4.19. The van der Waals surface area contributed by atoms with Gasteiger partial charge in [-0.25, -0.2) is 4.79 Å². The third kappa shape index (κ3) is 2.93. The van der Waals surface area contributed by atoms with E-state index < -0.39 is 5.97 Å². The van der Waals surface area contributed by atoms with E-state index >= 15 is 0 Å². The molecule has 0 aliphatic heterocycles. The van der Waals surface area contributed by atoms with Crippen molar-refractivity contribution >= 4 is 29.2 Å². The highest BCUT2D eigenvalue weighted by molar-refractivity contribution is 6.31. The molecule has 7 heteroatoms. The third-order valence-corrected chi connectivity index (χ3v) is 1.43. The van der Waals surface area contributed by atoms with Crippen LogP contribution in [0.5, 0.6) is 6.01 Å². The zero-order valence-electron chi connectivity index (χ0n) is 7.12. The fraction of sp³-hybridized carbons (Fsp3) is 0.143. The molecule has 0 saturated heterocycles. The summed E-state index contributed by atoms with van der Waals surface area (Å²) < 4.78 is 4.67. The van der Waals surface area contributed by atoms with Crippen molar-refractivity contribution in [3.05, 3.63) is 22.7 Å². The summed E-state index contributed by atoms with van der Waals surface area (Å²) in [6.45, 7) is 4.88. The minimum Gasteiger partial charge on any atom is -0.387 e. The van der Waals surface area contributed by atoms with Crippen molar-refractivity contribution in [2.45, 2.75) is 6.92 Å². The molecule has 0 N–H and O–H groups in total. The molecule has 0 bridgehead atoms. The molecule has 5 nitrogen and oxygen atoms in total. The second-order valence-electron chi connectivity index (χ2n) is 2.33. The summed E-state index contributed by atoms with van der Waals surface area (Å²) in [4.78, 5) is 21.6. The smallest absolute Gasteiger partial charge is 0.340 e. The van der Waals surface area contributed by atoms with Crippen molar-refractivity contribution in [1.29, 1.82) is 0 Å². The molecule has 0 amide bonds. The van der Waals surface area contributed by atoms with E-state index in [4.69, 9.17) is 23.2 Å². The minimum atomic E-state index is -0.650. The van der Waals surface area contributed by atoms with Gasteiger partial charge in [0.1, 0.15) is 0 Å². The lowest BCUT2D eigenvalue weighted by Crippen LogP contribution is -2.11. The van der Waals surface area contributed by atoms with Crippen LogP contribution in [0.25, 0.3) is 0 Å². The second-order valence-corrected chi connectivity index (χ2v) is 3.00. The summed E-state index contributed by atoms with van der Waals surface area (Å²) in [5.41, 5.74) is 0.220. The van der Waals surface area contributed by atoms with E-state index in [-0.39, 0.29) is 22.2 Å². The molecule has 1 aromatic heterocycles. The van der Waals surface area contributed by atoms with Crippen LogP contribution in [-0.2, 0) is 4.79 Å². The monoisotopic (exact) mass is 233 g/mol. The molecular weight excluding hydrogens is 229 g/mol. The maximum atomic E-state index is 11.0. The SMILES string of the molecule is C=C(C)C(=O)Oc1nc(Cl)nc(Cl)n1. The molecule has 0 saturated carbocycles. The molecule has 1 heterocycles. The quantitative estimate of drug-likeness (QED) is 0.575. The number of esters is 1. The second kappa shape index (κ2) is 4.34. The molecule has 0 atom stereocenters. The van der Waals surface area contributed by atoms with Gasteiger partial charge in [-0.05, 0) is 30.1 Å². The van der Waals surface area contributed by atoms with Gasteiger partial charge in [0.25, 0.3) is 0 Å². The van der Waals surface area contributed by atoms with Crippen LogP contribution >= 0.6 is 23.2 Å². The van der Waals surface area contributed by atoms with Crippen LogP contribution < -0.4 is 4.74 Å². The van der Waals surface area contributed by atoms with Crippen molar-refractivity contribution in [1.82, 2.24) is 15.0 Å². The van der Waals surface area contributed by atoms with Crippen LogP contribution in [-0.4, -0.2) is 20.9 Å². The zero-order valence-corrected chi connectivity index (χ0v) is 8.63. The number of nitrogens with zero attached hydrogens (tertiary/aromatic N) is 3. The Morgan fingerprint density at radius 2 is 1.79 bits per heavy atom. The van der Waals surface area contributed by atoms with E-state index in [1.54, 1.807) is 0 Å². The Bertz CT molecular complexity index is 374. The average Bonchev–Trinajstić information content (AvgIpc) is 2.01. The van der Waals surface area contributed by atoms with Crippen molar-refractivity contribution in [3.63, 3.8) is 0 Å². The van der Waals surface area contributed by atoms with Crippen LogP contribution in [0.2, 0.25) is 10.6 Å². The van der Waals surface area contributed by atoms with Gasteiger partial charge in [0.15, 0.2) is 0 Å². The molecule has 74 valence electrons. The Morgan fingerprint density at radius 3 is 2.21 bits per heavy atom. The van der Waals surface area contributed by atoms with E-state index in [1.807, 2.05) is 0 Å². The van der Waals surface area contributed by atoms with Gasteiger partial charge in [0.05, 0.1) is 0 Å². The molecule has 1 rings (SSSR count). The average molecular weight is 234 g/mol. The number of halogens is 2. The minimum absolute atomic E-state index is 0.144. The molecule has 0 aromatic carbocycles. The summed E-state index contributed by atoms with van der Waals surface area (Å²) in [6.07, 6.45) is 0. The number of aromatic nitrogens is 3. The zero-order chi connectivity index (χ0) is 10.7. The van der Waals surface area contributed by atoms with E-state index in [2.05, 4.69) is 26.3 Å². The first-order valence-electron chi connectivity index (χ1n) is 3.44. The van der Waals surface area contributed by atoms with E-state index in [0.717, 1.165) is 0 Å². The van der Waals surface area contributed by atoms with Crippen LogP contribution in [0.1, 0.15) is 6.92 Å². The lowest BCUT2D eigenvalue weighted by Gasteiger charge is -2.01. The van der Waals surface area contributed by atoms with Crippen LogP contribution in [0, 0.1) is 0 Å². The van der Waals surface area contributed by atoms with Crippen LogP contribution in [0.3, 0.4) is 0 Å². The standard InChI is InChI=1S/C7H5Cl2N3O2/c1-3(2)4(13)14-7-11-5(8)10-6(9)12-7/h1H2,2H3. The number of hydrogen-bond donors (Lipinski definition) is 0. The first-order chi connectivity index (χ1) is 6.49. The summed E-state index contributed by atoms with van der Waals surface area (Å²) in [5, 5.41) is -0.288. The largest absolute Gasteiger partial charge is 0.387 e. The fourth-order valence-corrected chi connectivity index (χ4v) is 0.873. The highest BCUT2D eigenvalue weighted by Gasteiger charge is 2.10. The lowest BCUT2D eigenvalue weighted by molar-refractivity contribution is -0.130. The normalized spacial score (nSPS) is 9.64.